The molecule has 6 heteroatoms. The van der Waals surface area contributed by atoms with E-state index in [1.54, 1.807) is 4.90 Å². The number of hydrogen-bond acceptors (Lipinski definition) is 2. The van der Waals surface area contributed by atoms with Crippen LogP contribution >= 0.6 is 0 Å². The number of para-hydroxylation sites is 1. The smallest absolute Gasteiger partial charge is 0.253 e. The normalized spacial score (nSPS) is 14.3. The molecule has 4 nitrogen and oxygen atoms in total. The van der Waals surface area contributed by atoms with Gasteiger partial charge in [0.15, 0.2) is 0 Å². The number of likely N-dealkylation sites (tertiary alicyclic amines) is 1. The number of rotatable bonds is 4. The average Bonchev–Trinajstić information content (AvgIpc) is 2.82. The maximum atomic E-state index is 13.8. The van der Waals surface area contributed by atoms with Crippen molar-refractivity contribution in [3.8, 4) is 11.1 Å². The number of amides is 2. The van der Waals surface area contributed by atoms with Crippen LogP contribution in [0.25, 0.3) is 11.1 Å². The Hall–Kier alpha value is -3.54. The fourth-order valence-corrected chi connectivity index (χ4v) is 3.81. The molecule has 1 heterocycles. The fourth-order valence-electron chi connectivity index (χ4n) is 3.81. The third kappa shape index (κ3) is 4.63. The van der Waals surface area contributed by atoms with Crippen LogP contribution in [0.1, 0.15) is 23.2 Å². The van der Waals surface area contributed by atoms with Crippen molar-refractivity contribution < 1.29 is 18.4 Å². The molecule has 31 heavy (non-hydrogen) atoms. The first-order valence-electron chi connectivity index (χ1n) is 10.2. The molecule has 1 aliphatic rings. The van der Waals surface area contributed by atoms with E-state index >= 15 is 0 Å². The third-order valence-corrected chi connectivity index (χ3v) is 5.60. The van der Waals surface area contributed by atoms with E-state index in [9.17, 15) is 18.4 Å². The zero-order chi connectivity index (χ0) is 21.8. The van der Waals surface area contributed by atoms with E-state index in [4.69, 9.17) is 0 Å². The number of nitrogens with one attached hydrogen (secondary N) is 1. The van der Waals surface area contributed by atoms with E-state index in [0.717, 1.165) is 23.3 Å². The highest BCUT2D eigenvalue weighted by atomic mass is 19.1. The molecule has 1 fully saturated rings. The molecule has 1 N–H and O–H groups in total. The Morgan fingerprint density at radius 3 is 1.97 bits per heavy atom. The Morgan fingerprint density at radius 1 is 0.774 bits per heavy atom. The second-order valence-corrected chi connectivity index (χ2v) is 7.60. The largest absolute Gasteiger partial charge is 0.339 e. The second kappa shape index (κ2) is 9.08. The van der Waals surface area contributed by atoms with Crippen LogP contribution in [0.5, 0.6) is 0 Å². The number of halogens is 2. The number of hydrogen-bond donors (Lipinski definition) is 1. The molecule has 0 saturated carbocycles. The van der Waals surface area contributed by atoms with Crippen molar-refractivity contribution in [1.29, 1.82) is 0 Å². The molecule has 3 aromatic carbocycles. The Morgan fingerprint density at radius 2 is 1.35 bits per heavy atom. The predicted octanol–water partition coefficient (Wildman–Crippen LogP) is 5.12. The lowest BCUT2D eigenvalue weighted by Crippen LogP contribution is -2.41. The van der Waals surface area contributed by atoms with E-state index in [0.29, 0.717) is 31.5 Å². The molecule has 3 aromatic rings. The van der Waals surface area contributed by atoms with Crippen molar-refractivity contribution in [2.24, 2.45) is 5.92 Å². The molecule has 0 atom stereocenters. The van der Waals surface area contributed by atoms with Crippen molar-refractivity contribution in [3.63, 3.8) is 0 Å². The van der Waals surface area contributed by atoms with Gasteiger partial charge in [-0.05, 0) is 48.2 Å². The van der Waals surface area contributed by atoms with Crippen molar-refractivity contribution in [2.45, 2.75) is 12.8 Å². The van der Waals surface area contributed by atoms with Gasteiger partial charge in [0.1, 0.15) is 17.3 Å². The van der Waals surface area contributed by atoms with Crippen LogP contribution in [0.2, 0.25) is 0 Å². The van der Waals surface area contributed by atoms with Crippen molar-refractivity contribution in [2.75, 3.05) is 18.4 Å². The first-order valence-corrected chi connectivity index (χ1v) is 10.2. The van der Waals surface area contributed by atoms with Crippen LogP contribution in [0.15, 0.2) is 72.8 Å². The number of anilines is 1. The van der Waals surface area contributed by atoms with Gasteiger partial charge in [-0.3, -0.25) is 9.59 Å². The van der Waals surface area contributed by atoms with Crippen LogP contribution in [-0.2, 0) is 4.79 Å². The highest BCUT2D eigenvalue weighted by molar-refractivity contribution is 5.96. The van der Waals surface area contributed by atoms with Crippen molar-refractivity contribution >= 4 is 17.5 Å². The zero-order valence-corrected chi connectivity index (χ0v) is 16.9. The minimum atomic E-state index is -0.806. The predicted molar refractivity (Wildman–Crippen MR) is 115 cm³/mol. The van der Waals surface area contributed by atoms with Gasteiger partial charge < -0.3 is 10.2 Å². The summed E-state index contributed by atoms with van der Waals surface area (Å²) in [5.41, 5.74) is 2.29. The summed E-state index contributed by atoms with van der Waals surface area (Å²) in [6, 6.07) is 20.8. The van der Waals surface area contributed by atoms with Crippen LogP contribution in [-0.4, -0.2) is 29.8 Å². The number of benzene rings is 3. The maximum Gasteiger partial charge on any atom is 0.253 e. The summed E-state index contributed by atoms with van der Waals surface area (Å²) in [5.74, 6) is -2.52. The molecule has 158 valence electrons. The number of nitrogens with zero attached hydrogens (tertiary/aromatic N) is 1. The van der Waals surface area contributed by atoms with Crippen LogP contribution in [0.3, 0.4) is 0 Å². The Bertz CT molecular complexity index is 1060. The average molecular weight is 420 g/mol. The van der Waals surface area contributed by atoms with Gasteiger partial charge in [0.05, 0.1) is 0 Å². The molecule has 0 aromatic heterocycles. The number of piperidine rings is 1. The van der Waals surface area contributed by atoms with E-state index in [1.165, 1.54) is 6.07 Å². The molecule has 0 aliphatic carbocycles. The Kier molecular flexibility index (Phi) is 6.07. The lowest BCUT2D eigenvalue weighted by Gasteiger charge is -2.31. The molecule has 1 saturated heterocycles. The minimum Gasteiger partial charge on any atom is -0.339 e. The van der Waals surface area contributed by atoms with E-state index in [1.807, 2.05) is 54.6 Å². The maximum absolute atomic E-state index is 13.8. The first-order chi connectivity index (χ1) is 15.0. The quantitative estimate of drug-likeness (QED) is 0.637. The lowest BCUT2D eigenvalue weighted by atomic mass is 9.95. The van der Waals surface area contributed by atoms with Gasteiger partial charge in [-0.25, -0.2) is 8.78 Å². The van der Waals surface area contributed by atoms with E-state index < -0.39 is 29.1 Å². The zero-order valence-electron chi connectivity index (χ0n) is 16.9. The summed E-state index contributed by atoms with van der Waals surface area (Å²) in [5, 5.41) is 2.35. The summed E-state index contributed by atoms with van der Waals surface area (Å²) < 4.78 is 27.5. The standard InChI is InChI=1S/C25H22F2N2O2/c26-21-7-4-8-22(27)23(21)28-24(30)19-13-15-29(16-14-19)25(31)20-11-9-18(10-12-20)17-5-2-1-3-6-17/h1-12,19H,13-16H2,(H,28,30). The summed E-state index contributed by atoms with van der Waals surface area (Å²) in [6.45, 7) is 0.828. The second-order valence-electron chi connectivity index (χ2n) is 7.60. The van der Waals surface area contributed by atoms with Gasteiger partial charge in [0.25, 0.3) is 5.91 Å². The summed E-state index contributed by atoms with van der Waals surface area (Å²) in [6.07, 6.45) is 0.880. The highest BCUT2D eigenvalue weighted by Gasteiger charge is 2.28. The van der Waals surface area contributed by atoms with Crippen LogP contribution in [0.4, 0.5) is 14.5 Å². The minimum absolute atomic E-state index is 0.0846. The molecular weight excluding hydrogens is 398 g/mol. The third-order valence-electron chi connectivity index (χ3n) is 5.60. The van der Waals surface area contributed by atoms with Crippen molar-refractivity contribution in [1.82, 2.24) is 4.90 Å². The molecule has 1 aliphatic heterocycles. The summed E-state index contributed by atoms with van der Waals surface area (Å²) >= 11 is 0. The van der Waals surface area contributed by atoms with Crippen LogP contribution < -0.4 is 5.32 Å². The van der Waals surface area contributed by atoms with Gasteiger partial charge in [-0.2, -0.15) is 0 Å². The summed E-state index contributed by atoms with van der Waals surface area (Å²) in [4.78, 5) is 27.0. The Labute approximate surface area is 179 Å². The molecule has 0 spiro atoms. The topological polar surface area (TPSA) is 49.4 Å². The molecule has 2 amide bonds. The van der Waals surface area contributed by atoms with Gasteiger partial charge in [0.2, 0.25) is 5.91 Å². The Balaban J connectivity index is 1.35. The van der Waals surface area contributed by atoms with Crippen molar-refractivity contribution in [3.05, 3.63) is 90.0 Å². The lowest BCUT2D eigenvalue weighted by molar-refractivity contribution is -0.121. The number of carbonyl (C=O) groups excluding carboxylic acids is 2. The first kappa shape index (κ1) is 20.7. The SMILES string of the molecule is O=C(Nc1c(F)cccc1F)C1CCN(C(=O)c2ccc(-c3ccccc3)cc2)CC1. The molecule has 4 rings (SSSR count). The van der Waals surface area contributed by atoms with Gasteiger partial charge >= 0.3 is 0 Å². The molecule has 0 radical (unpaired) electrons. The number of carbonyl (C=O) groups is 2. The monoisotopic (exact) mass is 420 g/mol. The van der Waals surface area contributed by atoms with Gasteiger partial charge in [-0.1, -0.05) is 48.5 Å². The molecule has 0 bridgehead atoms. The van der Waals surface area contributed by atoms with E-state index in [-0.39, 0.29) is 5.91 Å². The summed E-state index contributed by atoms with van der Waals surface area (Å²) in [7, 11) is 0. The highest BCUT2D eigenvalue weighted by Crippen LogP contribution is 2.25. The van der Waals surface area contributed by atoms with Gasteiger partial charge in [-0.15, -0.1) is 0 Å². The van der Waals surface area contributed by atoms with Crippen LogP contribution in [0, 0.1) is 17.6 Å². The fraction of sp³-hybridized carbons (Fsp3) is 0.200. The van der Waals surface area contributed by atoms with Gasteiger partial charge in [0, 0.05) is 24.6 Å². The molecular formula is C25H22F2N2O2. The molecule has 0 unspecified atom stereocenters. The van der Waals surface area contributed by atoms with E-state index in [2.05, 4.69) is 5.32 Å².